The molecule has 0 saturated heterocycles. The van der Waals surface area contributed by atoms with E-state index in [1.807, 2.05) is 9.80 Å². The van der Waals surface area contributed by atoms with Gasteiger partial charge in [-0.15, -0.1) is 0 Å². The number of nitrogens with zero attached hydrogens (tertiary/aromatic N) is 2. The van der Waals surface area contributed by atoms with E-state index < -0.39 is 0 Å². The molecular formula is C9H14N2. The molecule has 0 heterocycles. The van der Waals surface area contributed by atoms with Gasteiger partial charge in [-0.1, -0.05) is 26.3 Å². The van der Waals surface area contributed by atoms with Gasteiger partial charge in [0.2, 0.25) is 0 Å². The van der Waals surface area contributed by atoms with E-state index in [-0.39, 0.29) is 0 Å². The lowest BCUT2D eigenvalue weighted by Gasteiger charge is -2.21. The minimum atomic E-state index is 0.653. The maximum absolute atomic E-state index is 3.61. The van der Waals surface area contributed by atoms with Crippen LogP contribution < -0.4 is 0 Å². The second-order valence-corrected chi connectivity index (χ2v) is 1.90. The molecule has 0 atom stereocenters. The molecule has 60 valence electrons. The van der Waals surface area contributed by atoms with E-state index in [1.165, 1.54) is 0 Å². The fourth-order valence-corrected chi connectivity index (χ4v) is 0.569. The van der Waals surface area contributed by atoms with Gasteiger partial charge in [0.15, 0.2) is 0 Å². The zero-order valence-electron chi connectivity index (χ0n) is 6.74. The summed E-state index contributed by atoms with van der Waals surface area (Å²) in [6.07, 6.45) is 6.75. The Balaban J connectivity index is 3.95. The van der Waals surface area contributed by atoms with E-state index in [9.17, 15) is 0 Å². The quantitative estimate of drug-likeness (QED) is 0.535. The monoisotopic (exact) mass is 150 g/mol. The van der Waals surface area contributed by atoms with Crippen LogP contribution in [0.3, 0.4) is 0 Å². The molecule has 2 nitrogen and oxygen atoms in total. The third kappa shape index (κ3) is 3.30. The van der Waals surface area contributed by atoms with E-state index in [4.69, 9.17) is 0 Å². The van der Waals surface area contributed by atoms with Crippen molar-refractivity contribution >= 4 is 0 Å². The SMILES string of the molecule is C=CN(C=C)CN(C=C)C=C. The standard InChI is InChI=1S/C9H14N2/c1-5-10(6-2)9-11(7-3)8-4/h5-8H,1-4,9H2. The van der Waals surface area contributed by atoms with Crippen LogP contribution in [0.1, 0.15) is 0 Å². The van der Waals surface area contributed by atoms with Crippen LogP contribution in [-0.4, -0.2) is 16.5 Å². The number of rotatable bonds is 6. The summed E-state index contributed by atoms with van der Waals surface area (Å²) in [6, 6.07) is 0. The average molecular weight is 150 g/mol. The van der Waals surface area contributed by atoms with Gasteiger partial charge in [-0.3, -0.25) is 0 Å². The van der Waals surface area contributed by atoms with Crippen LogP contribution in [0.2, 0.25) is 0 Å². The fraction of sp³-hybridized carbons (Fsp3) is 0.111. The summed E-state index contributed by atoms with van der Waals surface area (Å²) in [4.78, 5) is 3.65. The second kappa shape index (κ2) is 5.35. The van der Waals surface area contributed by atoms with Crippen molar-refractivity contribution in [1.82, 2.24) is 9.80 Å². The van der Waals surface area contributed by atoms with Crippen LogP contribution in [0.5, 0.6) is 0 Å². The van der Waals surface area contributed by atoms with Crippen molar-refractivity contribution in [2.24, 2.45) is 0 Å². The van der Waals surface area contributed by atoms with E-state index >= 15 is 0 Å². The highest BCUT2D eigenvalue weighted by atomic mass is 15.3. The van der Waals surface area contributed by atoms with E-state index in [0.29, 0.717) is 6.67 Å². The molecule has 0 saturated carbocycles. The van der Waals surface area contributed by atoms with Gasteiger partial charge >= 0.3 is 0 Å². The van der Waals surface area contributed by atoms with Crippen LogP contribution >= 0.6 is 0 Å². The van der Waals surface area contributed by atoms with Gasteiger partial charge in [0.05, 0.1) is 6.67 Å². The summed E-state index contributed by atoms with van der Waals surface area (Å²) < 4.78 is 0. The highest BCUT2D eigenvalue weighted by Crippen LogP contribution is 1.95. The van der Waals surface area contributed by atoms with Crippen molar-refractivity contribution in [1.29, 1.82) is 0 Å². The van der Waals surface area contributed by atoms with Gasteiger partial charge in [0.1, 0.15) is 0 Å². The van der Waals surface area contributed by atoms with Crippen molar-refractivity contribution in [2.45, 2.75) is 0 Å². The maximum atomic E-state index is 3.61. The lowest BCUT2D eigenvalue weighted by atomic mass is 10.6. The van der Waals surface area contributed by atoms with Gasteiger partial charge in [0, 0.05) is 0 Å². The molecule has 0 spiro atoms. The highest BCUT2D eigenvalue weighted by molar-refractivity contribution is 4.86. The summed E-state index contributed by atoms with van der Waals surface area (Å²) >= 11 is 0. The molecule has 0 aliphatic rings. The Bertz CT molecular complexity index is 127. The molecule has 2 heteroatoms. The summed E-state index contributed by atoms with van der Waals surface area (Å²) in [5.74, 6) is 0. The molecule has 0 aromatic carbocycles. The van der Waals surface area contributed by atoms with Crippen molar-refractivity contribution in [2.75, 3.05) is 6.67 Å². The Labute approximate surface area is 68.4 Å². The molecule has 0 fully saturated rings. The minimum absolute atomic E-state index is 0.653. The van der Waals surface area contributed by atoms with Gasteiger partial charge in [-0.2, -0.15) is 0 Å². The Hall–Kier alpha value is -1.44. The summed E-state index contributed by atoms with van der Waals surface area (Å²) in [6.45, 7) is 15.1. The summed E-state index contributed by atoms with van der Waals surface area (Å²) in [5, 5.41) is 0. The van der Waals surface area contributed by atoms with Gasteiger partial charge < -0.3 is 9.80 Å². The van der Waals surface area contributed by atoms with Gasteiger partial charge in [-0.25, -0.2) is 0 Å². The summed E-state index contributed by atoms with van der Waals surface area (Å²) in [5.41, 5.74) is 0. The Kier molecular flexibility index (Phi) is 4.65. The molecular weight excluding hydrogens is 136 g/mol. The molecule has 0 radical (unpaired) electrons. The molecule has 0 aliphatic heterocycles. The van der Waals surface area contributed by atoms with Crippen LogP contribution in [0.15, 0.2) is 51.1 Å². The van der Waals surface area contributed by atoms with Crippen molar-refractivity contribution in [3.05, 3.63) is 51.1 Å². The van der Waals surface area contributed by atoms with E-state index in [0.717, 1.165) is 0 Å². The Morgan fingerprint density at radius 3 is 1.18 bits per heavy atom. The zero-order chi connectivity index (χ0) is 8.69. The zero-order valence-corrected chi connectivity index (χ0v) is 6.74. The highest BCUT2D eigenvalue weighted by Gasteiger charge is 1.94. The molecule has 0 rings (SSSR count). The lowest BCUT2D eigenvalue weighted by Crippen LogP contribution is -2.23. The van der Waals surface area contributed by atoms with Gasteiger partial charge in [0.25, 0.3) is 0 Å². The van der Waals surface area contributed by atoms with Crippen molar-refractivity contribution in [3.63, 3.8) is 0 Å². The molecule has 0 aromatic heterocycles. The Morgan fingerprint density at radius 1 is 0.727 bits per heavy atom. The molecule has 0 bridgehead atoms. The molecule has 0 unspecified atom stereocenters. The summed E-state index contributed by atoms with van der Waals surface area (Å²) in [7, 11) is 0. The molecule has 11 heavy (non-hydrogen) atoms. The minimum Gasteiger partial charge on any atom is -0.337 e. The first-order valence-electron chi connectivity index (χ1n) is 3.30. The smallest absolute Gasteiger partial charge is 0.0975 e. The largest absolute Gasteiger partial charge is 0.337 e. The van der Waals surface area contributed by atoms with Crippen molar-refractivity contribution < 1.29 is 0 Å². The Morgan fingerprint density at radius 2 is 1.00 bits per heavy atom. The van der Waals surface area contributed by atoms with Crippen LogP contribution in [0.4, 0.5) is 0 Å². The first kappa shape index (κ1) is 9.56. The lowest BCUT2D eigenvalue weighted by molar-refractivity contribution is 0.345. The number of hydrogen-bond donors (Lipinski definition) is 0. The predicted molar refractivity (Wildman–Crippen MR) is 49.3 cm³/mol. The molecule has 0 N–H and O–H groups in total. The fourth-order valence-electron chi connectivity index (χ4n) is 0.569. The predicted octanol–water partition coefficient (Wildman–Crippen LogP) is 2.12. The molecule has 0 amide bonds. The third-order valence-corrected chi connectivity index (χ3v) is 1.26. The third-order valence-electron chi connectivity index (χ3n) is 1.26. The normalized spacial score (nSPS) is 8.00. The van der Waals surface area contributed by atoms with Crippen LogP contribution in [-0.2, 0) is 0 Å². The average Bonchev–Trinajstić information content (AvgIpc) is 2.07. The first-order valence-corrected chi connectivity index (χ1v) is 3.30. The van der Waals surface area contributed by atoms with E-state index in [1.54, 1.807) is 24.8 Å². The maximum Gasteiger partial charge on any atom is 0.0975 e. The first-order chi connectivity index (χ1) is 5.28. The van der Waals surface area contributed by atoms with Crippen LogP contribution in [0, 0.1) is 0 Å². The topological polar surface area (TPSA) is 6.48 Å². The van der Waals surface area contributed by atoms with Crippen LogP contribution in [0.25, 0.3) is 0 Å². The van der Waals surface area contributed by atoms with Crippen molar-refractivity contribution in [3.8, 4) is 0 Å². The second-order valence-electron chi connectivity index (χ2n) is 1.90. The van der Waals surface area contributed by atoms with Gasteiger partial charge in [-0.05, 0) is 24.8 Å². The molecule has 0 aliphatic carbocycles. The number of hydrogen-bond acceptors (Lipinski definition) is 2. The molecule has 0 aromatic rings. The van der Waals surface area contributed by atoms with E-state index in [2.05, 4.69) is 26.3 Å².